The Bertz CT molecular complexity index is 1270. The van der Waals surface area contributed by atoms with Gasteiger partial charge in [0, 0.05) is 57.1 Å². The minimum atomic E-state index is -1.01. The summed E-state index contributed by atoms with van der Waals surface area (Å²) < 4.78 is 0. The van der Waals surface area contributed by atoms with Gasteiger partial charge in [0.2, 0.25) is 11.9 Å². The number of amides is 1. The summed E-state index contributed by atoms with van der Waals surface area (Å²) in [5.41, 5.74) is 2.61. The SMILES string of the molecule is CC(=O)NC1CCN(c2nc(Nc3nc(C)c(C(=O)O)s3)nc3c2CCN3Cc2cccnc2)C1. The van der Waals surface area contributed by atoms with E-state index in [4.69, 9.17) is 9.97 Å². The summed E-state index contributed by atoms with van der Waals surface area (Å²) in [5, 5.41) is 15.9. The number of aromatic carboxylic acids is 1. The Balaban J connectivity index is 1.48. The van der Waals surface area contributed by atoms with Gasteiger partial charge in [0.15, 0.2) is 5.13 Å². The van der Waals surface area contributed by atoms with E-state index in [-0.39, 0.29) is 16.8 Å². The fourth-order valence-electron chi connectivity index (χ4n) is 4.58. The number of anilines is 4. The lowest BCUT2D eigenvalue weighted by Crippen LogP contribution is -2.36. The van der Waals surface area contributed by atoms with Crippen LogP contribution in [0.15, 0.2) is 24.5 Å². The van der Waals surface area contributed by atoms with Crippen molar-refractivity contribution >= 4 is 45.9 Å². The molecule has 5 heterocycles. The maximum Gasteiger partial charge on any atom is 0.347 e. The number of fused-ring (bicyclic) bond motifs is 1. The quantitative estimate of drug-likeness (QED) is 0.449. The first kappa shape index (κ1) is 23.0. The molecular formula is C23H26N8O3S. The van der Waals surface area contributed by atoms with Gasteiger partial charge in [-0.05, 0) is 31.4 Å². The van der Waals surface area contributed by atoms with Crippen LogP contribution in [0.4, 0.5) is 22.7 Å². The van der Waals surface area contributed by atoms with Gasteiger partial charge in [0.1, 0.15) is 16.5 Å². The van der Waals surface area contributed by atoms with E-state index >= 15 is 0 Å². The van der Waals surface area contributed by atoms with Gasteiger partial charge < -0.3 is 20.2 Å². The van der Waals surface area contributed by atoms with Crippen LogP contribution in [-0.4, -0.2) is 62.6 Å². The zero-order valence-electron chi connectivity index (χ0n) is 19.5. The molecular weight excluding hydrogens is 468 g/mol. The third-order valence-corrected chi connectivity index (χ3v) is 7.16. The van der Waals surface area contributed by atoms with Crippen LogP contribution in [0.5, 0.6) is 0 Å². The van der Waals surface area contributed by atoms with Gasteiger partial charge in [-0.2, -0.15) is 9.97 Å². The van der Waals surface area contributed by atoms with Gasteiger partial charge >= 0.3 is 5.97 Å². The number of carboxylic acids is 1. The van der Waals surface area contributed by atoms with E-state index in [1.807, 2.05) is 18.3 Å². The summed E-state index contributed by atoms with van der Waals surface area (Å²) in [6, 6.07) is 4.03. The molecule has 2 aliphatic heterocycles. The Morgan fingerprint density at radius 3 is 2.77 bits per heavy atom. The van der Waals surface area contributed by atoms with Crippen LogP contribution in [0.1, 0.15) is 39.8 Å². The molecule has 5 rings (SSSR count). The Hall–Kier alpha value is -3.80. The highest BCUT2D eigenvalue weighted by molar-refractivity contribution is 7.17. The zero-order valence-corrected chi connectivity index (χ0v) is 20.3. The van der Waals surface area contributed by atoms with E-state index in [0.717, 1.165) is 60.0 Å². The molecule has 0 bridgehead atoms. The molecule has 2 aliphatic rings. The predicted molar refractivity (Wildman–Crippen MR) is 133 cm³/mol. The lowest BCUT2D eigenvalue weighted by atomic mass is 10.2. The van der Waals surface area contributed by atoms with Crippen LogP contribution in [-0.2, 0) is 17.8 Å². The van der Waals surface area contributed by atoms with Gasteiger partial charge in [-0.1, -0.05) is 17.4 Å². The molecule has 3 aromatic rings. The number of hydrogen-bond acceptors (Lipinski definition) is 10. The van der Waals surface area contributed by atoms with Crippen molar-refractivity contribution in [3.8, 4) is 0 Å². The molecule has 3 aromatic heterocycles. The number of thiazole rings is 1. The lowest BCUT2D eigenvalue weighted by Gasteiger charge is -2.23. The van der Waals surface area contributed by atoms with Gasteiger partial charge in [-0.25, -0.2) is 9.78 Å². The first-order valence-corrected chi connectivity index (χ1v) is 12.2. The normalized spacial score (nSPS) is 16.9. The molecule has 1 fully saturated rings. The van der Waals surface area contributed by atoms with Crippen molar-refractivity contribution in [2.45, 2.75) is 39.3 Å². The summed E-state index contributed by atoms with van der Waals surface area (Å²) in [4.78, 5) is 45.8. The van der Waals surface area contributed by atoms with Crippen molar-refractivity contribution in [3.63, 3.8) is 0 Å². The highest BCUT2D eigenvalue weighted by Crippen LogP contribution is 2.37. The topological polar surface area (TPSA) is 136 Å². The molecule has 0 radical (unpaired) electrons. The van der Waals surface area contributed by atoms with Crippen LogP contribution < -0.4 is 20.4 Å². The van der Waals surface area contributed by atoms with E-state index in [9.17, 15) is 14.7 Å². The molecule has 0 aliphatic carbocycles. The minimum Gasteiger partial charge on any atom is -0.477 e. The molecule has 1 atom stereocenters. The van der Waals surface area contributed by atoms with Gasteiger partial charge in [0.25, 0.3) is 0 Å². The number of rotatable bonds is 7. The third kappa shape index (κ3) is 4.87. The molecule has 0 aromatic carbocycles. The van der Waals surface area contributed by atoms with E-state index in [1.54, 1.807) is 13.1 Å². The van der Waals surface area contributed by atoms with Crippen LogP contribution in [0.3, 0.4) is 0 Å². The number of carbonyl (C=O) groups excluding carboxylic acids is 1. The number of aryl methyl sites for hydroxylation is 1. The molecule has 1 amide bonds. The van der Waals surface area contributed by atoms with E-state index in [1.165, 1.54) is 6.92 Å². The molecule has 12 heteroatoms. The molecule has 35 heavy (non-hydrogen) atoms. The first-order valence-electron chi connectivity index (χ1n) is 11.4. The van der Waals surface area contributed by atoms with Crippen molar-refractivity contribution in [1.82, 2.24) is 25.3 Å². The van der Waals surface area contributed by atoms with Crippen LogP contribution in [0.25, 0.3) is 0 Å². The number of carbonyl (C=O) groups is 2. The highest BCUT2D eigenvalue weighted by Gasteiger charge is 2.32. The Morgan fingerprint density at radius 2 is 2.06 bits per heavy atom. The third-order valence-electron chi connectivity index (χ3n) is 6.10. The molecule has 182 valence electrons. The second-order valence-corrected chi connectivity index (χ2v) is 9.70. The molecule has 0 saturated carbocycles. The van der Waals surface area contributed by atoms with Gasteiger partial charge in [-0.15, -0.1) is 0 Å². The summed E-state index contributed by atoms with van der Waals surface area (Å²) >= 11 is 1.06. The van der Waals surface area contributed by atoms with Crippen LogP contribution >= 0.6 is 11.3 Å². The van der Waals surface area contributed by atoms with Crippen molar-refractivity contribution in [2.75, 3.05) is 34.8 Å². The fourth-order valence-corrected chi connectivity index (χ4v) is 5.38. The fraction of sp³-hybridized carbons (Fsp3) is 0.391. The predicted octanol–water partition coefficient (Wildman–Crippen LogP) is 2.36. The summed E-state index contributed by atoms with van der Waals surface area (Å²) in [5.74, 6) is 1.00. The van der Waals surface area contributed by atoms with Gasteiger partial charge in [-0.3, -0.25) is 15.1 Å². The van der Waals surface area contributed by atoms with Crippen molar-refractivity contribution in [3.05, 3.63) is 46.2 Å². The summed E-state index contributed by atoms with van der Waals surface area (Å²) in [6.45, 7) is 6.12. The summed E-state index contributed by atoms with van der Waals surface area (Å²) in [7, 11) is 0. The molecule has 11 nitrogen and oxygen atoms in total. The average molecular weight is 495 g/mol. The number of nitrogens with zero attached hydrogens (tertiary/aromatic N) is 6. The second kappa shape index (κ2) is 9.45. The highest BCUT2D eigenvalue weighted by atomic mass is 32.1. The van der Waals surface area contributed by atoms with E-state index < -0.39 is 5.97 Å². The maximum atomic E-state index is 11.6. The number of pyridine rings is 1. The number of carboxylic acid groups (broad SMARTS) is 1. The zero-order chi connectivity index (χ0) is 24.5. The minimum absolute atomic E-state index is 0.0388. The first-order chi connectivity index (χ1) is 16.9. The number of hydrogen-bond donors (Lipinski definition) is 3. The number of aromatic nitrogens is 4. The standard InChI is InChI=1S/C23H26N8O3S/c1-13-18(21(33)34)35-23(25-13)29-22-27-19-17(6-9-30(19)11-15-4-3-7-24-10-15)20(28-22)31-8-5-16(12-31)26-14(2)32/h3-4,7,10,16H,5-6,8-9,11-12H2,1-2H3,(H,26,32)(H,33,34)(H,25,27,28,29). The second-order valence-electron chi connectivity index (χ2n) is 8.70. The van der Waals surface area contributed by atoms with Crippen LogP contribution in [0, 0.1) is 6.92 Å². The molecule has 1 unspecified atom stereocenters. The largest absolute Gasteiger partial charge is 0.477 e. The monoisotopic (exact) mass is 494 g/mol. The van der Waals surface area contributed by atoms with Gasteiger partial charge in [0.05, 0.1) is 5.69 Å². The summed E-state index contributed by atoms with van der Waals surface area (Å²) in [6.07, 6.45) is 5.26. The average Bonchev–Trinajstić information content (AvgIpc) is 3.53. The molecule has 0 spiro atoms. The maximum absolute atomic E-state index is 11.6. The van der Waals surface area contributed by atoms with Crippen LogP contribution in [0.2, 0.25) is 0 Å². The molecule has 1 saturated heterocycles. The Labute approximate surface area is 206 Å². The molecule has 3 N–H and O–H groups in total. The smallest absolute Gasteiger partial charge is 0.347 e. The van der Waals surface area contributed by atoms with E-state index in [2.05, 4.69) is 30.4 Å². The lowest BCUT2D eigenvalue weighted by molar-refractivity contribution is -0.119. The van der Waals surface area contributed by atoms with E-state index in [0.29, 0.717) is 29.9 Å². The van der Waals surface area contributed by atoms with Crippen molar-refractivity contribution in [1.29, 1.82) is 0 Å². The Morgan fingerprint density at radius 1 is 1.23 bits per heavy atom. The van der Waals surface area contributed by atoms with Crippen molar-refractivity contribution in [2.24, 2.45) is 0 Å². The number of nitrogens with one attached hydrogen (secondary N) is 2. The van der Waals surface area contributed by atoms with Crippen molar-refractivity contribution < 1.29 is 14.7 Å². The Kier molecular flexibility index (Phi) is 6.20.